The Morgan fingerprint density at radius 1 is 1.58 bits per heavy atom. The second-order valence-electron chi connectivity index (χ2n) is 4.77. The fourth-order valence-corrected chi connectivity index (χ4v) is 3.56. The molecule has 0 aromatic carbocycles. The quantitative estimate of drug-likeness (QED) is 0.535. The monoisotopic (exact) mass is 388 g/mol. The molecule has 0 aromatic rings. The van der Waals surface area contributed by atoms with E-state index >= 15 is 0 Å². The van der Waals surface area contributed by atoms with Gasteiger partial charge >= 0.3 is 0 Å². The van der Waals surface area contributed by atoms with Crippen molar-refractivity contribution in [3.8, 4) is 12.3 Å². The van der Waals surface area contributed by atoms with Gasteiger partial charge in [-0.25, -0.2) is 0 Å². The van der Waals surface area contributed by atoms with Crippen LogP contribution in [-0.4, -0.2) is 28.0 Å². The van der Waals surface area contributed by atoms with E-state index in [-0.39, 0.29) is 23.1 Å². The van der Waals surface area contributed by atoms with Crippen LogP contribution < -0.4 is 0 Å². The number of hydrogen-bond acceptors (Lipinski definition) is 2. The maximum Gasteiger partial charge on any atom is 0.128 e. The van der Waals surface area contributed by atoms with Gasteiger partial charge in [0.25, 0.3) is 0 Å². The Kier molecular flexibility index (Phi) is 5.56. The predicted molar refractivity (Wildman–Crippen MR) is 84.5 cm³/mol. The van der Waals surface area contributed by atoms with E-state index in [4.69, 9.17) is 15.9 Å². The highest BCUT2D eigenvalue weighted by molar-refractivity contribution is 9.09. The Labute approximate surface area is 131 Å². The fourth-order valence-electron chi connectivity index (χ4n) is 2.46. The lowest BCUT2D eigenvalue weighted by atomic mass is 10.1. The van der Waals surface area contributed by atoms with Crippen LogP contribution in [0.3, 0.4) is 0 Å². The van der Waals surface area contributed by atoms with Gasteiger partial charge in [0.2, 0.25) is 0 Å². The molecule has 0 aliphatic carbocycles. The number of alkyl halides is 2. The van der Waals surface area contributed by atoms with Crippen LogP contribution >= 0.6 is 31.9 Å². The van der Waals surface area contributed by atoms with Crippen molar-refractivity contribution < 1.29 is 9.47 Å². The summed E-state index contributed by atoms with van der Waals surface area (Å²) in [6, 6.07) is 0. The molecule has 0 saturated carbocycles. The van der Waals surface area contributed by atoms with Crippen LogP contribution in [-0.2, 0) is 9.47 Å². The summed E-state index contributed by atoms with van der Waals surface area (Å²) in [5.41, 5.74) is 0. The van der Waals surface area contributed by atoms with Gasteiger partial charge in [0.1, 0.15) is 22.8 Å². The fraction of sp³-hybridized carbons (Fsp3) is 0.600. The van der Waals surface area contributed by atoms with Crippen LogP contribution in [0.4, 0.5) is 0 Å². The third kappa shape index (κ3) is 3.45. The third-order valence-electron chi connectivity index (χ3n) is 3.47. The van der Waals surface area contributed by atoms with E-state index in [9.17, 15) is 0 Å². The molecule has 2 saturated heterocycles. The first-order valence-electron chi connectivity index (χ1n) is 6.58. The van der Waals surface area contributed by atoms with Gasteiger partial charge in [-0.05, 0) is 25.0 Å². The lowest BCUT2D eigenvalue weighted by Gasteiger charge is -2.18. The van der Waals surface area contributed by atoms with E-state index in [0.717, 1.165) is 25.0 Å². The molecule has 0 aromatic heterocycles. The van der Waals surface area contributed by atoms with Gasteiger partial charge in [-0.15, -0.1) is 6.42 Å². The predicted octanol–water partition coefficient (Wildman–Crippen LogP) is 3.94. The molecule has 0 bridgehead atoms. The minimum absolute atomic E-state index is 0.125. The largest absolute Gasteiger partial charge is 0.491 e. The Bertz CT molecular complexity index is 411. The number of rotatable bonds is 4. The minimum atomic E-state index is 0.125. The molecule has 0 amide bonds. The topological polar surface area (TPSA) is 18.5 Å². The van der Waals surface area contributed by atoms with Gasteiger partial charge in [0.05, 0.1) is 6.10 Å². The standard InChI is InChI=1S/C15H18Br2O2/c1-3-5-6-7-8-11-14(17)15-13(18-11)9-12(19-15)10(16)4-2/h1,5-6,8,10,12-15H,4,7,9H2,2H3/b6-5-,11-8-/t10-,12+,13-,14+,15+/m0/s1. The van der Waals surface area contributed by atoms with Crippen molar-refractivity contribution in [1.82, 2.24) is 0 Å². The van der Waals surface area contributed by atoms with Crippen molar-refractivity contribution >= 4 is 31.9 Å². The number of terminal acetylenes is 1. The highest BCUT2D eigenvalue weighted by Gasteiger charge is 2.49. The molecule has 2 nitrogen and oxygen atoms in total. The number of hydrogen-bond donors (Lipinski definition) is 0. The van der Waals surface area contributed by atoms with Gasteiger partial charge in [0, 0.05) is 11.2 Å². The first-order valence-corrected chi connectivity index (χ1v) is 8.42. The lowest BCUT2D eigenvalue weighted by Crippen LogP contribution is -2.25. The average Bonchev–Trinajstić information content (AvgIpc) is 2.95. The van der Waals surface area contributed by atoms with Crippen molar-refractivity contribution in [3.63, 3.8) is 0 Å². The van der Waals surface area contributed by atoms with Crippen LogP contribution in [0.25, 0.3) is 0 Å². The van der Waals surface area contributed by atoms with Crippen LogP contribution in [0.2, 0.25) is 0 Å². The van der Waals surface area contributed by atoms with Gasteiger partial charge in [-0.1, -0.05) is 50.8 Å². The summed E-state index contributed by atoms with van der Waals surface area (Å²) in [5, 5.41) is 0. The highest BCUT2D eigenvalue weighted by Crippen LogP contribution is 2.42. The van der Waals surface area contributed by atoms with Crippen LogP contribution in [0, 0.1) is 12.3 Å². The smallest absolute Gasteiger partial charge is 0.128 e. The summed E-state index contributed by atoms with van der Waals surface area (Å²) in [5.74, 6) is 3.45. The van der Waals surface area contributed by atoms with Crippen molar-refractivity contribution in [2.45, 2.75) is 54.2 Å². The molecule has 5 atom stereocenters. The maximum atomic E-state index is 6.10. The SMILES string of the molecule is C#C/C=C\C/C=C1\O[C@H]2C[C@H]([C@@H](Br)CC)O[C@H]2[C@@H]1Br. The highest BCUT2D eigenvalue weighted by atomic mass is 79.9. The number of halogens is 2. The molecular weight excluding hydrogens is 372 g/mol. The van der Waals surface area contributed by atoms with E-state index < -0.39 is 0 Å². The van der Waals surface area contributed by atoms with Gasteiger partial charge in [-0.3, -0.25) is 0 Å². The summed E-state index contributed by atoms with van der Waals surface area (Å²) in [6.45, 7) is 2.16. The molecule has 2 fully saturated rings. The second kappa shape index (κ2) is 6.97. The summed E-state index contributed by atoms with van der Waals surface area (Å²) in [6.07, 6.45) is 14.2. The molecule has 2 aliphatic heterocycles. The zero-order valence-corrected chi connectivity index (χ0v) is 14.1. The molecule has 0 spiro atoms. The zero-order chi connectivity index (χ0) is 13.8. The Morgan fingerprint density at radius 3 is 3.00 bits per heavy atom. The number of fused-ring (bicyclic) bond motifs is 1. The first kappa shape index (κ1) is 15.2. The van der Waals surface area contributed by atoms with E-state index in [2.05, 4.69) is 50.8 Å². The molecule has 19 heavy (non-hydrogen) atoms. The van der Waals surface area contributed by atoms with Crippen molar-refractivity contribution in [2.75, 3.05) is 0 Å². The van der Waals surface area contributed by atoms with E-state index in [0.29, 0.717) is 4.83 Å². The molecule has 2 heterocycles. The van der Waals surface area contributed by atoms with Crippen LogP contribution in [0.15, 0.2) is 24.0 Å². The Hall–Kier alpha value is -0.240. The molecule has 104 valence electrons. The van der Waals surface area contributed by atoms with E-state index in [1.54, 1.807) is 6.08 Å². The maximum absolute atomic E-state index is 6.10. The Balaban J connectivity index is 1.93. The first-order chi connectivity index (χ1) is 9.17. The average molecular weight is 390 g/mol. The van der Waals surface area contributed by atoms with Crippen LogP contribution in [0.5, 0.6) is 0 Å². The third-order valence-corrected chi connectivity index (χ3v) is 5.68. The molecule has 0 N–H and O–H groups in total. The molecule has 2 rings (SSSR count). The van der Waals surface area contributed by atoms with Crippen molar-refractivity contribution in [1.29, 1.82) is 0 Å². The molecule has 0 unspecified atom stereocenters. The Morgan fingerprint density at radius 2 is 2.37 bits per heavy atom. The van der Waals surface area contributed by atoms with Crippen molar-refractivity contribution in [3.05, 3.63) is 24.0 Å². The second-order valence-corrected chi connectivity index (χ2v) is 6.93. The van der Waals surface area contributed by atoms with Gasteiger partial charge in [0.15, 0.2) is 0 Å². The van der Waals surface area contributed by atoms with E-state index in [1.807, 2.05) is 6.08 Å². The van der Waals surface area contributed by atoms with Crippen LogP contribution in [0.1, 0.15) is 26.2 Å². The summed E-state index contributed by atoms with van der Waals surface area (Å²) in [7, 11) is 0. The summed E-state index contributed by atoms with van der Waals surface area (Å²) < 4.78 is 12.1. The summed E-state index contributed by atoms with van der Waals surface area (Å²) >= 11 is 7.35. The number of allylic oxidation sites excluding steroid dienone is 3. The van der Waals surface area contributed by atoms with Gasteiger partial charge in [-0.2, -0.15) is 0 Å². The normalized spacial score (nSPS) is 37.3. The lowest BCUT2D eigenvalue weighted by molar-refractivity contribution is 0.0416. The molecule has 2 aliphatic rings. The minimum Gasteiger partial charge on any atom is -0.491 e. The molecular formula is C15H18Br2O2. The summed E-state index contributed by atoms with van der Waals surface area (Å²) in [4.78, 5) is 0.561. The molecule has 0 radical (unpaired) electrons. The molecule has 4 heteroatoms. The zero-order valence-electron chi connectivity index (χ0n) is 10.9. The van der Waals surface area contributed by atoms with Crippen molar-refractivity contribution in [2.24, 2.45) is 0 Å². The van der Waals surface area contributed by atoms with E-state index in [1.165, 1.54) is 0 Å². The number of ether oxygens (including phenoxy) is 2. The van der Waals surface area contributed by atoms with Gasteiger partial charge < -0.3 is 9.47 Å².